The van der Waals surface area contributed by atoms with Crippen LogP contribution in [0.15, 0.2) is 60.7 Å². The summed E-state index contributed by atoms with van der Waals surface area (Å²) in [5.41, 5.74) is 11.8. The van der Waals surface area contributed by atoms with Crippen molar-refractivity contribution in [1.82, 2.24) is 14.9 Å². The zero-order chi connectivity index (χ0) is 30.6. The summed E-state index contributed by atoms with van der Waals surface area (Å²) in [7, 11) is 0. The highest BCUT2D eigenvalue weighted by Gasteiger charge is 2.27. The van der Waals surface area contributed by atoms with Crippen molar-refractivity contribution in [3.63, 3.8) is 0 Å². The lowest BCUT2D eigenvalue weighted by Crippen LogP contribution is -2.48. The number of carbonyl (C=O) groups is 1. The van der Waals surface area contributed by atoms with Crippen LogP contribution in [0.3, 0.4) is 0 Å². The molecule has 2 heterocycles. The van der Waals surface area contributed by atoms with E-state index in [1.54, 1.807) is 6.07 Å². The molecule has 0 radical (unpaired) electrons. The number of hydrogen-bond donors (Lipinski definition) is 2. The van der Waals surface area contributed by atoms with Gasteiger partial charge in [-0.2, -0.15) is 4.98 Å². The Morgan fingerprint density at radius 2 is 1.73 bits per heavy atom. The lowest BCUT2D eigenvalue weighted by atomic mass is 9.88. The van der Waals surface area contributed by atoms with E-state index >= 15 is 0 Å². The van der Waals surface area contributed by atoms with Crippen LogP contribution < -0.4 is 15.4 Å². The van der Waals surface area contributed by atoms with Crippen LogP contribution in [-0.2, 0) is 30.8 Å². The number of benzene rings is 3. The van der Waals surface area contributed by atoms with Gasteiger partial charge in [0.2, 0.25) is 5.95 Å². The molecule has 2 aliphatic rings. The molecule has 3 N–H and O–H groups in total. The molecule has 6 rings (SSSR count). The Morgan fingerprint density at radius 3 is 2.50 bits per heavy atom. The highest BCUT2D eigenvalue weighted by atomic mass is 35.5. The Balaban J connectivity index is 1.05. The molecule has 4 aromatic rings. The van der Waals surface area contributed by atoms with Crippen molar-refractivity contribution >= 4 is 29.3 Å². The fraction of sp³-hybridized carbons (Fsp3) is 0.303. The van der Waals surface area contributed by atoms with Crippen LogP contribution in [0.2, 0.25) is 5.02 Å². The Bertz CT molecular complexity index is 1660. The number of hydrogen-bond acceptors (Lipinski definition) is 8. The SMILES string of the molecule is Nc1nc2c(c(N3CCN(CCOCc4ccc(F)c(C(=O)O)c4)CC3)n1)CCc1cc(OCc3ccc(Cl)cc3)ccc1-2. The summed E-state index contributed by atoms with van der Waals surface area (Å²) in [4.78, 5) is 25.1. The molecular weight excluding hydrogens is 585 g/mol. The first-order valence-electron chi connectivity index (χ1n) is 14.6. The number of carboxylic acid groups (broad SMARTS) is 1. The van der Waals surface area contributed by atoms with Crippen molar-refractivity contribution in [2.24, 2.45) is 0 Å². The molecule has 0 bridgehead atoms. The third kappa shape index (κ3) is 6.77. The number of piperazine rings is 1. The van der Waals surface area contributed by atoms with Gasteiger partial charge in [0.15, 0.2) is 0 Å². The number of nitrogens with zero attached hydrogens (tertiary/aromatic N) is 4. The molecule has 3 aromatic carbocycles. The van der Waals surface area contributed by atoms with Crippen molar-refractivity contribution in [2.75, 3.05) is 50.0 Å². The molecule has 1 aliphatic carbocycles. The number of fused-ring (bicyclic) bond motifs is 3. The van der Waals surface area contributed by atoms with Crippen LogP contribution >= 0.6 is 11.6 Å². The molecule has 228 valence electrons. The van der Waals surface area contributed by atoms with Gasteiger partial charge >= 0.3 is 5.97 Å². The quantitative estimate of drug-likeness (QED) is 0.231. The van der Waals surface area contributed by atoms with Crippen LogP contribution in [0.25, 0.3) is 11.3 Å². The van der Waals surface area contributed by atoms with Crippen LogP contribution in [0.1, 0.15) is 32.6 Å². The minimum Gasteiger partial charge on any atom is -0.489 e. The molecule has 0 amide bonds. The Labute approximate surface area is 260 Å². The lowest BCUT2D eigenvalue weighted by Gasteiger charge is -2.37. The number of rotatable bonds is 10. The van der Waals surface area contributed by atoms with Gasteiger partial charge in [0, 0.05) is 48.9 Å². The highest BCUT2D eigenvalue weighted by Crippen LogP contribution is 2.38. The molecule has 1 aliphatic heterocycles. The van der Waals surface area contributed by atoms with Gasteiger partial charge in [-0.3, -0.25) is 4.90 Å². The van der Waals surface area contributed by atoms with Gasteiger partial charge in [0.1, 0.15) is 24.0 Å². The van der Waals surface area contributed by atoms with E-state index in [9.17, 15) is 9.18 Å². The summed E-state index contributed by atoms with van der Waals surface area (Å²) in [5, 5.41) is 9.82. The van der Waals surface area contributed by atoms with E-state index < -0.39 is 11.8 Å². The molecule has 1 saturated heterocycles. The molecule has 0 atom stereocenters. The summed E-state index contributed by atoms with van der Waals surface area (Å²) >= 11 is 5.99. The average molecular weight is 618 g/mol. The molecule has 11 heteroatoms. The first-order valence-corrected chi connectivity index (χ1v) is 15.0. The van der Waals surface area contributed by atoms with E-state index in [-0.39, 0.29) is 18.1 Å². The standard InChI is InChI=1S/C33H33ClFN5O4/c34-24-5-1-21(2-6-24)20-44-25-7-9-26-23(18-25)4-8-27-30(26)37-33(36)38-31(27)40-13-11-39(12-14-40)15-16-43-19-22-3-10-29(35)28(17-22)32(41)42/h1-3,5-7,9-10,17-18H,4,8,11-16,19-20H2,(H,41,42)(H2,36,37,38). The zero-order valence-corrected chi connectivity index (χ0v) is 24.9. The monoisotopic (exact) mass is 617 g/mol. The second-order valence-electron chi connectivity index (χ2n) is 11.0. The fourth-order valence-corrected chi connectivity index (χ4v) is 5.83. The Morgan fingerprint density at radius 1 is 0.955 bits per heavy atom. The van der Waals surface area contributed by atoms with Gasteiger partial charge in [-0.15, -0.1) is 0 Å². The number of aromatic nitrogens is 2. The predicted octanol–water partition coefficient (Wildman–Crippen LogP) is 5.23. The second kappa shape index (κ2) is 13.2. The van der Waals surface area contributed by atoms with Crippen molar-refractivity contribution in [3.05, 3.63) is 99.3 Å². The number of aromatic carboxylic acids is 1. The number of nitrogens with two attached hydrogens (primary N) is 1. The number of anilines is 2. The number of nitrogen functional groups attached to an aromatic ring is 1. The first kappa shape index (κ1) is 29.8. The van der Waals surface area contributed by atoms with E-state index in [0.29, 0.717) is 23.8 Å². The van der Waals surface area contributed by atoms with Gasteiger partial charge in [-0.25, -0.2) is 14.2 Å². The predicted molar refractivity (Wildman–Crippen MR) is 167 cm³/mol. The Kier molecular flexibility index (Phi) is 8.92. The Hall–Kier alpha value is -4.25. The van der Waals surface area contributed by atoms with Crippen molar-refractivity contribution in [2.45, 2.75) is 26.1 Å². The van der Waals surface area contributed by atoms with Gasteiger partial charge in [0.25, 0.3) is 0 Å². The summed E-state index contributed by atoms with van der Waals surface area (Å²) in [5.74, 6) is -0.0600. The van der Waals surface area contributed by atoms with Crippen molar-refractivity contribution < 1.29 is 23.8 Å². The summed E-state index contributed by atoms with van der Waals surface area (Å²) < 4.78 is 25.4. The molecular formula is C33H33ClFN5O4. The molecule has 44 heavy (non-hydrogen) atoms. The van der Waals surface area contributed by atoms with Crippen LogP contribution in [-0.4, -0.2) is 65.3 Å². The fourth-order valence-electron chi connectivity index (χ4n) is 5.70. The minimum absolute atomic E-state index is 0.227. The van der Waals surface area contributed by atoms with Crippen LogP contribution in [0, 0.1) is 5.82 Å². The molecule has 1 aromatic heterocycles. The van der Waals surface area contributed by atoms with E-state index in [2.05, 4.69) is 31.9 Å². The van der Waals surface area contributed by atoms with E-state index in [1.807, 2.05) is 30.3 Å². The summed E-state index contributed by atoms with van der Waals surface area (Å²) in [6, 6.07) is 17.8. The maximum Gasteiger partial charge on any atom is 0.338 e. The number of ether oxygens (including phenoxy) is 2. The van der Waals surface area contributed by atoms with E-state index in [1.165, 1.54) is 11.6 Å². The largest absolute Gasteiger partial charge is 0.489 e. The molecule has 0 spiro atoms. The highest BCUT2D eigenvalue weighted by molar-refractivity contribution is 6.30. The van der Waals surface area contributed by atoms with Gasteiger partial charge in [0.05, 0.1) is 24.5 Å². The van der Waals surface area contributed by atoms with Gasteiger partial charge in [-0.05, 0) is 72.0 Å². The van der Waals surface area contributed by atoms with Crippen LogP contribution in [0.5, 0.6) is 5.75 Å². The third-order valence-corrected chi connectivity index (χ3v) is 8.30. The number of aryl methyl sites for hydroxylation is 1. The van der Waals surface area contributed by atoms with Crippen LogP contribution in [0.4, 0.5) is 16.2 Å². The second-order valence-corrected chi connectivity index (χ2v) is 11.4. The smallest absolute Gasteiger partial charge is 0.338 e. The van der Waals surface area contributed by atoms with E-state index in [0.717, 1.165) is 85.6 Å². The maximum absolute atomic E-state index is 13.6. The number of carboxylic acids is 1. The van der Waals surface area contributed by atoms with Gasteiger partial charge < -0.3 is 25.2 Å². The average Bonchev–Trinajstić information content (AvgIpc) is 3.03. The molecule has 0 saturated carbocycles. The summed E-state index contributed by atoms with van der Waals surface area (Å²) in [6.45, 7) is 5.19. The number of halogens is 2. The zero-order valence-electron chi connectivity index (χ0n) is 24.1. The summed E-state index contributed by atoms with van der Waals surface area (Å²) in [6.07, 6.45) is 1.68. The van der Waals surface area contributed by atoms with E-state index in [4.69, 9.17) is 31.9 Å². The minimum atomic E-state index is -1.29. The molecule has 0 unspecified atom stereocenters. The van der Waals surface area contributed by atoms with Gasteiger partial charge in [-0.1, -0.05) is 29.8 Å². The normalized spacial score (nSPS) is 14.6. The maximum atomic E-state index is 13.6. The topological polar surface area (TPSA) is 114 Å². The third-order valence-electron chi connectivity index (χ3n) is 8.05. The lowest BCUT2D eigenvalue weighted by molar-refractivity contribution is 0.0690. The van der Waals surface area contributed by atoms with Crippen molar-refractivity contribution in [1.29, 1.82) is 0 Å². The molecule has 1 fully saturated rings. The molecule has 9 nitrogen and oxygen atoms in total. The first-order chi connectivity index (χ1) is 21.3. The van der Waals surface area contributed by atoms with Crippen molar-refractivity contribution in [3.8, 4) is 17.0 Å².